The monoisotopic (exact) mass is 338 g/mol. The molecule has 0 aromatic rings. The third-order valence-corrected chi connectivity index (χ3v) is 4.74. The molecule has 2 rings (SSSR count). The van der Waals surface area contributed by atoms with E-state index >= 15 is 0 Å². The van der Waals surface area contributed by atoms with Gasteiger partial charge in [-0.1, -0.05) is 0 Å². The average Bonchev–Trinajstić information content (AvgIpc) is 2.94. The Hall–Kier alpha value is -1.68. The minimum absolute atomic E-state index is 0.00514. The number of halogens is 1. The number of amides is 2. The van der Waals surface area contributed by atoms with Gasteiger partial charge in [-0.25, -0.2) is 4.39 Å². The van der Waals surface area contributed by atoms with E-state index in [0.29, 0.717) is 6.42 Å². The average molecular weight is 338 g/mol. The second kappa shape index (κ2) is 7.93. The Balaban J connectivity index is 1.82. The molecular formula is C17H27FN4O2. The van der Waals surface area contributed by atoms with Gasteiger partial charge in [-0.05, 0) is 33.1 Å². The number of carbonyl (C=O) groups is 2. The summed E-state index contributed by atoms with van der Waals surface area (Å²) in [5, 5.41) is 12.1. The molecule has 0 radical (unpaired) electrons. The number of rotatable bonds is 5. The van der Waals surface area contributed by atoms with Gasteiger partial charge in [0.25, 0.3) is 0 Å². The van der Waals surface area contributed by atoms with Crippen molar-refractivity contribution in [2.45, 2.75) is 63.7 Å². The molecule has 0 aromatic heterocycles. The summed E-state index contributed by atoms with van der Waals surface area (Å²) in [6, 6.07) is 1.29. The maximum absolute atomic E-state index is 13.4. The van der Waals surface area contributed by atoms with Gasteiger partial charge in [-0.3, -0.25) is 9.59 Å². The van der Waals surface area contributed by atoms with Crippen LogP contribution in [0.15, 0.2) is 0 Å². The van der Waals surface area contributed by atoms with E-state index < -0.39 is 17.8 Å². The summed E-state index contributed by atoms with van der Waals surface area (Å²) in [7, 11) is 0. The van der Waals surface area contributed by atoms with Gasteiger partial charge in [0.2, 0.25) is 11.8 Å². The maximum Gasteiger partial charge on any atom is 0.237 e. The van der Waals surface area contributed by atoms with Gasteiger partial charge in [0.15, 0.2) is 0 Å². The number of nitrogens with one attached hydrogen (secondary N) is 1. The van der Waals surface area contributed by atoms with Gasteiger partial charge in [0.05, 0.1) is 19.2 Å². The Morgan fingerprint density at radius 2 is 1.92 bits per heavy atom. The van der Waals surface area contributed by atoms with Crippen LogP contribution < -0.4 is 5.32 Å². The molecule has 0 spiro atoms. The topological polar surface area (TPSA) is 76.4 Å². The van der Waals surface area contributed by atoms with E-state index in [-0.39, 0.29) is 31.3 Å². The lowest BCUT2D eigenvalue weighted by Gasteiger charge is -2.32. The van der Waals surface area contributed by atoms with Crippen molar-refractivity contribution >= 4 is 11.8 Å². The minimum atomic E-state index is -1.13. The lowest BCUT2D eigenvalue weighted by molar-refractivity contribution is -0.134. The number of carbonyl (C=O) groups excluding carboxylic acids is 2. The first-order valence-electron chi connectivity index (χ1n) is 8.68. The first-order valence-corrected chi connectivity index (χ1v) is 8.68. The maximum atomic E-state index is 13.4. The molecule has 2 aliphatic rings. The lowest BCUT2D eigenvalue weighted by Crippen LogP contribution is -2.50. The molecule has 6 nitrogen and oxygen atoms in total. The number of hydrogen-bond acceptors (Lipinski definition) is 4. The first-order chi connectivity index (χ1) is 11.3. The van der Waals surface area contributed by atoms with Gasteiger partial charge in [0, 0.05) is 31.5 Å². The third-order valence-electron chi connectivity index (χ3n) is 4.74. The standard InChI is InChI=1S/C17H27FN4O2/c1-17(2,9-15(23)21-6-4-3-5-7-21)20-11-16(24)22-12-13(18)8-14(22)10-19/h13-14,20H,3-9,11-12H2,1-2H3/t13?,14-/m0/s1. The zero-order valence-electron chi connectivity index (χ0n) is 14.6. The fourth-order valence-electron chi connectivity index (χ4n) is 3.29. The summed E-state index contributed by atoms with van der Waals surface area (Å²) >= 11 is 0. The van der Waals surface area contributed by atoms with Crippen molar-refractivity contribution < 1.29 is 14.0 Å². The highest BCUT2D eigenvalue weighted by atomic mass is 19.1. The van der Waals surface area contributed by atoms with Crippen molar-refractivity contribution in [2.75, 3.05) is 26.2 Å². The molecule has 134 valence electrons. The predicted molar refractivity (Wildman–Crippen MR) is 87.8 cm³/mol. The Labute approximate surface area is 143 Å². The van der Waals surface area contributed by atoms with Gasteiger partial charge in [0.1, 0.15) is 12.2 Å². The number of likely N-dealkylation sites (tertiary alicyclic amines) is 2. The number of nitriles is 1. The van der Waals surface area contributed by atoms with Crippen molar-refractivity contribution in [1.29, 1.82) is 5.26 Å². The predicted octanol–water partition coefficient (Wildman–Crippen LogP) is 1.22. The zero-order chi connectivity index (χ0) is 17.7. The number of piperidine rings is 1. The van der Waals surface area contributed by atoms with E-state index in [1.165, 1.54) is 11.3 Å². The van der Waals surface area contributed by atoms with Crippen molar-refractivity contribution in [3.63, 3.8) is 0 Å². The van der Waals surface area contributed by atoms with Crippen molar-refractivity contribution in [1.82, 2.24) is 15.1 Å². The quantitative estimate of drug-likeness (QED) is 0.818. The number of hydrogen-bond donors (Lipinski definition) is 1. The highest BCUT2D eigenvalue weighted by Gasteiger charge is 2.36. The number of alkyl halides is 1. The normalized spacial score (nSPS) is 24.8. The van der Waals surface area contributed by atoms with Crippen LogP contribution in [-0.4, -0.2) is 65.5 Å². The molecule has 7 heteroatoms. The summed E-state index contributed by atoms with van der Waals surface area (Å²) in [6.07, 6.45) is 2.53. The summed E-state index contributed by atoms with van der Waals surface area (Å²) in [4.78, 5) is 27.8. The van der Waals surface area contributed by atoms with Crippen LogP contribution in [0.3, 0.4) is 0 Å². The van der Waals surface area contributed by atoms with Crippen LogP contribution in [0.25, 0.3) is 0 Å². The SMILES string of the molecule is CC(C)(CC(=O)N1CCCCC1)NCC(=O)N1CC(F)C[C@H]1C#N. The van der Waals surface area contributed by atoms with E-state index in [1.807, 2.05) is 24.8 Å². The van der Waals surface area contributed by atoms with Crippen LogP contribution >= 0.6 is 0 Å². The van der Waals surface area contributed by atoms with Gasteiger partial charge < -0.3 is 15.1 Å². The molecule has 1 unspecified atom stereocenters. The zero-order valence-corrected chi connectivity index (χ0v) is 14.6. The third kappa shape index (κ3) is 4.91. The summed E-state index contributed by atoms with van der Waals surface area (Å²) in [5.41, 5.74) is -0.527. The van der Waals surface area contributed by atoms with E-state index in [9.17, 15) is 14.0 Å². The van der Waals surface area contributed by atoms with Crippen molar-refractivity contribution in [3.8, 4) is 6.07 Å². The van der Waals surface area contributed by atoms with Gasteiger partial charge in [-0.15, -0.1) is 0 Å². The highest BCUT2D eigenvalue weighted by Crippen LogP contribution is 2.20. The molecule has 0 aliphatic carbocycles. The number of nitrogens with zero attached hydrogens (tertiary/aromatic N) is 3. The fourth-order valence-corrected chi connectivity index (χ4v) is 3.29. The van der Waals surface area contributed by atoms with Crippen LogP contribution in [0.4, 0.5) is 4.39 Å². The molecule has 0 saturated carbocycles. The Morgan fingerprint density at radius 1 is 1.25 bits per heavy atom. The van der Waals surface area contributed by atoms with Gasteiger partial charge in [-0.2, -0.15) is 5.26 Å². The molecule has 2 heterocycles. The fraction of sp³-hybridized carbons (Fsp3) is 0.824. The molecule has 2 saturated heterocycles. The summed E-state index contributed by atoms with van der Waals surface area (Å²) < 4.78 is 13.4. The summed E-state index contributed by atoms with van der Waals surface area (Å²) in [6.45, 7) is 5.36. The van der Waals surface area contributed by atoms with Crippen LogP contribution in [0.1, 0.15) is 46.0 Å². The largest absolute Gasteiger partial charge is 0.343 e. The van der Waals surface area contributed by atoms with E-state index in [4.69, 9.17) is 5.26 Å². The molecule has 0 bridgehead atoms. The van der Waals surface area contributed by atoms with Crippen molar-refractivity contribution in [2.24, 2.45) is 0 Å². The molecule has 1 N–H and O–H groups in total. The summed E-state index contributed by atoms with van der Waals surface area (Å²) in [5.74, 6) is -0.195. The molecule has 0 aromatic carbocycles. The Morgan fingerprint density at radius 3 is 2.54 bits per heavy atom. The molecule has 24 heavy (non-hydrogen) atoms. The molecule has 2 fully saturated rings. The Bertz CT molecular complexity index is 511. The van der Waals surface area contributed by atoms with Crippen LogP contribution in [0.2, 0.25) is 0 Å². The van der Waals surface area contributed by atoms with E-state index in [2.05, 4.69) is 5.32 Å². The molecule has 2 aliphatic heterocycles. The second-order valence-electron chi connectivity index (χ2n) is 7.38. The molecular weight excluding hydrogens is 311 g/mol. The molecule has 2 amide bonds. The van der Waals surface area contributed by atoms with E-state index in [1.54, 1.807) is 0 Å². The van der Waals surface area contributed by atoms with Crippen LogP contribution in [0, 0.1) is 11.3 Å². The van der Waals surface area contributed by atoms with Crippen LogP contribution in [-0.2, 0) is 9.59 Å². The first kappa shape index (κ1) is 18.7. The second-order valence-corrected chi connectivity index (χ2v) is 7.38. The minimum Gasteiger partial charge on any atom is -0.343 e. The smallest absolute Gasteiger partial charge is 0.237 e. The highest BCUT2D eigenvalue weighted by molar-refractivity contribution is 5.80. The molecule has 2 atom stereocenters. The lowest BCUT2D eigenvalue weighted by atomic mass is 9.98. The Kier molecular flexibility index (Phi) is 6.16. The van der Waals surface area contributed by atoms with Crippen LogP contribution in [0.5, 0.6) is 0 Å². The van der Waals surface area contributed by atoms with E-state index in [0.717, 1.165) is 25.9 Å². The van der Waals surface area contributed by atoms with Crippen molar-refractivity contribution in [3.05, 3.63) is 0 Å². The van der Waals surface area contributed by atoms with Gasteiger partial charge >= 0.3 is 0 Å².